The molecule has 1 rings (SSSR count). The third-order valence-corrected chi connectivity index (χ3v) is 2.07. The lowest BCUT2D eigenvalue weighted by Crippen LogP contribution is -2.39. The highest BCUT2D eigenvalue weighted by Crippen LogP contribution is 2.09. The van der Waals surface area contributed by atoms with Crippen molar-refractivity contribution >= 4 is 6.03 Å². The molecule has 0 aromatic rings. The van der Waals surface area contributed by atoms with Gasteiger partial charge in [0.15, 0.2) is 0 Å². The Bertz CT molecular complexity index is 176. The maximum Gasteiger partial charge on any atom is 0.317 e. The Kier molecular flexibility index (Phi) is 3.50. The van der Waals surface area contributed by atoms with Crippen LogP contribution in [0.25, 0.3) is 0 Å². The molecule has 2 atom stereocenters. The molecule has 1 heterocycles. The number of aliphatic hydroxyl groups excluding tert-OH is 2. The molecule has 1 aliphatic heterocycles. The van der Waals surface area contributed by atoms with Crippen LogP contribution < -0.4 is 5.32 Å². The molecular weight excluding hydrogens is 172 g/mol. The van der Waals surface area contributed by atoms with E-state index in [0.717, 1.165) is 6.42 Å². The van der Waals surface area contributed by atoms with E-state index in [1.165, 1.54) is 4.90 Å². The topological polar surface area (TPSA) is 72.8 Å². The van der Waals surface area contributed by atoms with E-state index >= 15 is 0 Å². The van der Waals surface area contributed by atoms with Crippen molar-refractivity contribution in [2.75, 3.05) is 19.6 Å². The summed E-state index contributed by atoms with van der Waals surface area (Å²) in [7, 11) is 0. The lowest BCUT2D eigenvalue weighted by Gasteiger charge is -2.15. The maximum absolute atomic E-state index is 11.3. The van der Waals surface area contributed by atoms with Gasteiger partial charge in [0.05, 0.1) is 25.3 Å². The molecule has 13 heavy (non-hydrogen) atoms. The molecule has 0 aromatic heterocycles. The largest absolute Gasteiger partial charge is 0.388 e. The van der Waals surface area contributed by atoms with Crippen LogP contribution in [0.2, 0.25) is 0 Å². The van der Waals surface area contributed by atoms with Crippen molar-refractivity contribution in [3.63, 3.8) is 0 Å². The smallest absolute Gasteiger partial charge is 0.317 e. The van der Waals surface area contributed by atoms with Crippen LogP contribution in [0.15, 0.2) is 0 Å². The first kappa shape index (κ1) is 10.3. The Morgan fingerprint density at radius 3 is 2.46 bits per heavy atom. The predicted octanol–water partition coefficient (Wildman–Crippen LogP) is -0.857. The summed E-state index contributed by atoms with van der Waals surface area (Å²) in [5.74, 6) is 0. The van der Waals surface area contributed by atoms with Crippen LogP contribution in [0, 0.1) is 0 Å². The number of amides is 2. The zero-order chi connectivity index (χ0) is 9.84. The molecule has 3 N–H and O–H groups in total. The minimum Gasteiger partial charge on any atom is -0.388 e. The maximum atomic E-state index is 11.3. The van der Waals surface area contributed by atoms with Crippen molar-refractivity contribution in [1.29, 1.82) is 0 Å². The fraction of sp³-hybridized carbons (Fsp3) is 0.875. The van der Waals surface area contributed by atoms with Crippen LogP contribution in [0.5, 0.6) is 0 Å². The van der Waals surface area contributed by atoms with Gasteiger partial charge in [0.2, 0.25) is 0 Å². The van der Waals surface area contributed by atoms with Gasteiger partial charge in [-0.15, -0.1) is 0 Å². The Morgan fingerprint density at radius 1 is 1.46 bits per heavy atom. The summed E-state index contributed by atoms with van der Waals surface area (Å²) in [6.07, 6.45) is -0.718. The third-order valence-electron chi connectivity index (χ3n) is 2.07. The van der Waals surface area contributed by atoms with E-state index in [0.29, 0.717) is 6.54 Å². The zero-order valence-corrected chi connectivity index (χ0v) is 7.73. The minimum absolute atomic E-state index is 0.211. The lowest BCUT2D eigenvalue weighted by atomic mass is 10.3. The van der Waals surface area contributed by atoms with Crippen LogP contribution in [-0.4, -0.2) is 53.0 Å². The molecular formula is C8H16N2O3. The molecule has 0 bridgehead atoms. The van der Waals surface area contributed by atoms with Gasteiger partial charge in [0.25, 0.3) is 0 Å². The molecule has 0 aliphatic carbocycles. The standard InChI is InChI=1S/C8H16N2O3/c1-2-3-9-8(13)10-4-6(11)7(12)5-10/h6-7,11-12H,2-5H2,1H3,(H,9,13)/t6-,7+. The molecule has 1 aliphatic rings. The third kappa shape index (κ3) is 2.57. The fourth-order valence-electron chi connectivity index (χ4n) is 1.28. The van der Waals surface area contributed by atoms with Gasteiger partial charge in [-0.25, -0.2) is 4.79 Å². The number of carbonyl (C=O) groups is 1. The Labute approximate surface area is 77.3 Å². The molecule has 0 radical (unpaired) electrons. The number of likely N-dealkylation sites (tertiary alicyclic amines) is 1. The Balaban J connectivity index is 2.33. The predicted molar refractivity (Wildman–Crippen MR) is 47.3 cm³/mol. The average molecular weight is 188 g/mol. The van der Waals surface area contributed by atoms with Gasteiger partial charge in [-0.3, -0.25) is 0 Å². The second-order valence-corrected chi connectivity index (χ2v) is 3.27. The van der Waals surface area contributed by atoms with Crippen molar-refractivity contribution in [3.8, 4) is 0 Å². The van der Waals surface area contributed by atoms with Crippen molar-refractivity contribution in [1.82, 2.24) is 10.2 Å². The van der Waals surface area contributed by atoms with E-state index in [2.05, 4.69) is 5.32 Å². The van der Waals surface area contributed by atoms with Gasteiger partial charge in [-0.1, -0.05) is 6.92 Å². The summed E-state index contributed by atoms with van der Waals surface area (Å²) in [6.45, 7) is 3.03. The highest BCUT2D eigenvalue weighted by Gasteiger charge is 2.32. The number of rotatable bonds is 2. The van der Waals surface area contributed by atoms with E-state index in [9.17, 15) is 15.0 Å². The quantitative estimate of drug-likeness (QED) is 0.528. The molecule has 1 fully saturated rings. The molecule has 0 spiro atoms. The van der Waals surface area contributed by atoms with Crippen LogP contribution in [0.3, 0.4) is 0 Å². The van der Waals surface area contributed by atoms with E-state index in [1.54, 1.807) is 0 Å². The summed E-state index contributed by atoms with van der Waals surface area (Å²) in [5, 5.41) is 21.0. The van der Waals surface area contributed by atoms with E-state index < -0.39 is 12.2 Å². The number of hydrogen-bond acceptors (Lipinski definition) is 3. The summed E-state index contributed by atoms with van der Waals surface area (Å²) >= 11 is 0. The van der Waals surface area contributed by atoms with E-state index in [1.807, 2.05) is 6.92 Å². The van der Waals surface area contributed by atoms with Crippen LogP contribution in [-0.2, 0) is 0 Å². The number of urea groups is 1. The summed E-state index contributed by atoms with van der Waals surface area (Å²) in [6, 6.07) is -0.211. The van der Waals surface area contributed by atoms with Crippen LogP contribution in [0.1, 0.15) is 13.3 Å². The summed E-state index contributed by atoms with van der Waals surface area (Å²) < 4.78 is 0. The normalized spacial score (nSPS) is 27.8. The van der Waals surface area contributed by atoms with Gasteiger partial charge in [-0.05, 0) is 6.42 Å². The second-order valence-electron chi connectivity index (χ2n) is 3.27. The second kappa shape index (κ2) is 4.43. The Hall–Kier alpha value is -0.810. The number of hydrogen-bond donors (Lipinski definition) is 3. The van der Waals surface area contributed by atoms with Crippen LogP contribution >= 0.6 is 0 Å². The van der Waals surface area contributed by atoms with Crippen molar-refractivity contribution < 1.29 is 15.0 Å². The molecule has 0 saturated carbocycles. The molecule has 2 amide bonds. The number of nitrogens with one attached hydrogen (secondary N) is 1. The number of β-amino-alcohol motifs (C(OH)–C–C–N with tert-alkyl or cyclic N) is 2. The average Bonchev–Trinajstić information content (AvgIpc) is 2.43. The van der Waals surface area contributed by atoms with Gasteiger partial charge in [-0.2, -0.15) is 0 Å². The SMILES string of the molecule is CCCNC(=O)N1C[C@@H](O)[C@@H](O)C1. The highest BCUT2D eigenvalue weighted by molar-refractivity contribution is 5.74. The molecule has 5 heteroatoms. The zero-order valence-electron chi connectivity index (χ0n) is 7.73. The van der Waals surface area contributed by atoms with Gasteiger partial charge in [0, 0.05) is 6.54 Å². The van der Waals surface area contributed by atoms with Crippen molar-refractivity contribution in [2.24, 2.45) is 0 Å². The minimum atomic E-state index is -0.799. The first-order valence-corrected chi connectivity index (χ1v) is 4.54. The first-order chi connectivity index (χ1) is 6.15. The highest BCUT2D eigenvalue weighted by atomic mass is 16.3. The summed E-state index contributed by atoms with van der Waals surface area (Å²) in [4.78, 5) is 12.7. The molecule has 1 saturated heterocycles. The number of carbonyl (C=O) groups excluding carboxylic acids is 1. The molecule has 0 aromatic carbocycles. The van der Waals surface area contributed by atoms with Gasteiger partial charge < -0.3 is 20.4 Å². The van der Waals surface area contributed by atoms with E-state index in [4.69, 9.17) is 0 Å². The summed E-state index contributed by atoms with van der Waals surface area (Å²) in [5.41, 5.74) is 0. The monoisotopic (exact) mass is 188 g/mol. The number of nitrogens with zero attached hydrogens (tertiary/aromatic N) is 1. The van der Waals surface area contributed by atoms with E-state index in [-0.39, 0.29) is 19.1 Å². The number of aliphatic hydroxyl groups is 2. The van der Waals surface area contributed by atoms with Gasteiger partial charge >= 0.3 is 6.03 Å². The molecule has 5 nitrogen and oxygen atoms in total. The fourth-order valence-corrected chi connectivity index (χ4v) is 1.28. The van der Waals surface area contributed by atoms with Crippen LogP contribution in [0.4, 0.5) is 4.79 Å². The lowest BCUT2D eigenvalue weighted by molar-refractivity contribution is 0.0572. The van der Waals surface area contributed by atoms with Crippen molar-refractivity contribution in [3.05, 3.63) is 0 Å². The molecule has 0 unspecified atom stereocenters. The Morgan fingerprint density at radius 2 is 2.00 bits per heavy atom. The van der Waals surface area contributed by atoms with Gasteiger partial charge in [0.1, 0.15) is 0 Å². The first-order valence-electron chi connectivity index (χ1n) is 4.54. The molecule has 76 valence electrons. The van der Waals surface area contributed by atoms with Crippen molar-refractivity contribution in [2.45, 2.75) is 25.6 Å².